The number of nitrogens with one attached hydrogen (secondary N) is 1. The zero-order valence-corrected chi connectivity index (χ0v) is 11.9. The van der Waals surface area contributed by atoms with E-state index in [9.17, 15) is 4.79 Å². The van der Waals surface area contributed by atoms with Gasteiger partial charge >= 0.3 is 6.09 Å². The number of aryl methyl sites for hydroxylation is 1. The second-order valence-electron chi connectivity index (χ2n) is 5.33. The Kier molecular flexibility index (Phi) is 3.74. The first-order valence-corrected chi connectivity index (χ1v) is 6.24. The van der Waals surface area contributed by atoms with Crippen LogP contribution >= 0.6 is 0 Å². The predicted molar refractivity (Wildman–Crippen MR) is 74.3 cm³/mol. The molecule has 0 saturated carbocycles. The van der Waals surface area contributed by atoms with Gasteiger partial charge in [-0.3, -0.25) is 5.32 Å². The Morgan fingerprint density at radius 2 is 1.85 bits per heavy atom. The van der Waals surface area contributed by atoms with Crippen LogP contribution in [0.1, 0.15) is 26.7 Å². The van der Waals surface area contributed by atoms with Crippen molar-refractivity contribution < 1.29 is 13.9 Å². The van der Waals surface area contributed by atoms with Crippen LogP contribution in [0.4, 0.5) is 10.5 Å². The summed E-state index contributed by atoms with van der Waals surface area (Å²) in [6.45, 7) is 7.17. The van der Waals surface area contributed by atoms with Crippen molar-refractivity contribution in [1.82, 2.24) is 10.2 Å². The molecule has 0 spiro atoms. The Hall–Kier alpha value is -2.37. The number of hydrogen-bond acceptors (Lipinski definition) is 5. The van der Waals surface area contributed by atoms with Gasteiger partial charge in [-0.05, 0) is 45.0 Å². The van der Waals surface area contributed by atoms with Crippen LogP contribution in [-0.4, -0.2) is 21.9 Å². The number of rotatable bonds is 2. The second kappa shape index (κ2) is 5.32. The Labute approximate surface area is 117 Å². The molecule has 0 unspecified atom stereocenters. The minimum absolute atomic E-state index is 0.450. The van der Waals surface area contributed by atoms with Gasteiger partial charge in [0.15, 0.2) is 0 Å². The van der Waals surface area contributed by atoms with Crippen molar-refractivity contribution in [2.24, 2.45) is 0 Å². The Balaban J connectivity index is 2.03. The molecule has 0 fully saturated rings. The van der Waals surface area contributed by atoms with Crippen molar-refractivity contribution in [3.8, 4) is 11.5 Å². The lowest BCUT2D eigenvalue weighted by molar-refractivity contribution is 0.0636. The van der Waals surface area contributed by atoms with Gasteiger partial charge in [-0.15, -0.1) is 10.2 Å². The maximum Gasteiger partial charge on any atom is 0.412 e. The number of carbonyl (C=O) groups is 1. The molecule has 0 radical (unpaired) electrons. The lowest BCUT2D eigenvalue weighted by Crippen LogP contribution is -2.27. The van der Waals surface area contributed by atoms with E-state index >= 15 is 0 Å². The van der Waals surface area contributed by atoms with Gasteiger partial charge in [0.2, 0.25) is 11.8 Å². The van der Waals surface area contributed by atoms with Crippen LogP contribution in [0.2, 0.25) is 0 Å². The molecule has 0 aliphatic heterocycles. The highest BCUT2D eigenvalue weighted by Gasteiger charge is 2.16. The molecule has 1 amide bonds. The van der Waals surface area contributed by atoms with Crippen molar-refractivity contribution in [1.29, 1.82) is 0 Å². The summed E-state index contributed by atoms with van der Waals surface area (Å²) in [4.78, 5) is 11.6. The van der Waals surface area contributed by atoms with Gasteiger partial charge in [-0.2, -0.15) is 0 Å². The average molecular weight is 275 g/mol. The van der Waals surface area contributed by atoms with Gasteiger partial charge in [0, 0.05) is 18.2 Å². The summed E-state index contributed by atoms with van der Waals surface area (Å²) in [7, 11) is 0. The zero-order chi connectivity index (χ0) is 14.8. The van der Waals surface area contributed by atoms with E-state index < -0.39 is 11.7 Å². The van der Waals surface area contributed by atoms with Crippen molar-refractivity contribution in [3.05, 3.63) is 30.2 Å². The van der Waals surface area contributed by atoms with Gasteiger partial charge in [0.25, 0.3) is 0 Å². The van der Waals surface area contributed by atoms with Gasteiger partial charge in [-0.25, -0.2) is 4.79 Å². The summed E-state index contributed by atoms with van der Waals surface area (Å²) in [6.07, 6.45) is -0.487. The van der Waals surface area contributed by atoms with Gasteiger partial charge in [-0.1, -0.05) is 0 Å². The Morgan fingerprint density at radius 1 is 1.20 bits per heavy atom. The first-order valence-electron chi connectivity index (χ1n) is 6.24. The van der Waals surface area contributed by atoms with E-state index in [1.54, 1.807) is 31.2 Å². The molecule has 20 heavy (non-hydrogen) atoms. The monoisotopic (exact) mass is 275 g/mol. The zero-order valence-electron chi connectivity index (χ0n) is 11.9. The van der Waals surface area contributed by atoms with Crippen LogP contribution in [0.3, 0.4) is 0 Å². The average Bonchev–Trinajstić information content (AvgIpc) is 2.74. The lowest BCUT2D eigenvalue weighted by Gasteiger charge is -2.19. The van der Waals surface area contributed by atoms with Crippen LogP contribution in [0, 0.1) is 6.92 Å². The van der Waals surface area contributed by atoms with E-state index in [4.69, 9.17) is 9.15 Å². The third-order valence-electron chi connectivity index (χ3n) is 2.30. The molecule has 1 N–H and O–H groups in total. The molecular weight excluding hydrogens is 258 g/mol. The molecular formula is C14H17N3O3. The maximum atomic E-state index is 11.6. The SMILES string of the molecule is Cc1nnc(-c2ccc(NC(=O)OC(C)(C)C)cc2)o1. The molecule has 1 aromatic heterocycles. The molecule has 0 atom stereocenters. The van der Waals surface area contributed by atoms with Gasteiger partial charge in [0.1, 0.15) is 5.60 Å². The van der Waals surface area contributed by atoms with Crippen molar-refractivity contribution in [2.45, 2.75) is 33.3 Å². The van der Waals surface area contributed by atoms with Gasteiger partial charge < -0.3 is 9.15 Å². The Morgan fingerprint density at radius 3 is 2.35 bits per heavy atom. The molecule has 106 valence electrons. The quantitative estimate of drug-likeness (QED) is 0.908. The molecule has 2 rings (SSSR count). The largest absolute Gasteiger partial charge is 0.444 e. The number of amides is 1. The maximum absolute atomic E-state index is 11.6. The molecule has 0 aliphatic rings. The van der Waals surface area contributed by atoms with Crippen LogP contribution in [0.25, 0.3) is 11.5 Å². The highest BCUT2D eigenvalue weighted by molar-refractivity contribution is 5.85. The van der Waals surface area contributed by atoms with E-state index in [2.05, 4.69) is 15.5 Å². The molecule has 1 aromatic carbocycles. The van der Waals surface area contributed by atoms with Crippen molar-refractivity contribution in [3.63, 3.8) is 0 Å². The van der Waals surface area contributed by atoms with Crippen molar-refractivity contribution >= 4 is 11.8 Å². The number of ether oxygens (including phenoxy) is 1. The fourth-order valence-electron chi connectivity index (χ4n) is 1.53. The van der Waals surface area contributed by atoms with E-state index in [0.29, 0.717) is 17.5 Å². The molecule has 0 saturated heterocycles. The molecule has 6 heteroatoms. The van der Waals surface area contributed by atoms with Crippen molar-refractivity contribution in [2.75, 3.05) is 5.32 Å². The molecule has 0 bridgehead atoms. The third kappa shape index (κ3) is 3.81. The topological polar surface area (TPSA) is 77.2 Å². The van der Waals surface area contributed by atoms with E-state index in [-0.39, 0.29) is 0 Å². The Bertz CT molecular complexity index is 597. The summed E-state index contributed by atoms with van der Waals surface area (Å²) < 4.78 is 10.5. The number of carbonyl (C=O) groups excluding carboxylic acids is 1. The first-order chi connectivity index (χ1) is 9.33. The summed E-state index contributed by atoms with van der Waals surface area (Å²) in [5.41, 5.74) is 0.908. The number of nitrogens with zero attached hydrogens (tertiary/aromatic N) is 2. The minimum atomic E-state index is -0.523. The molecule has 2 aromatic rings. The summed E-state index contributed by atoms with van der Waals surface area (Å²) in [5.74, 6) is 0.960. The number of anilines is 1. The standard InChI is InChI=1S/C14H17N3O3/c1-9-16-17-12(19-9)10-5-7-11(8-6-10)15-13(18)20-14(2,3)4/h5-8H,1-4H3,(H,15,18). The predicted octanol–water partition coefficient (Wildman–Crippen LogP) is 3.39. The van der Waals surface area contributed by atoms with E-state index in [1.807, 2.05) is 20.8 Å². The highest BCUT2D eigenvalue weighted by atomic mass is 16.6. The number of hydrogen-bond donors (Lipinski definition) is 1. The van der Waals surface area contributed by atoms with Crippen LogP contribution in [0.15, 0.2) is 28.7 Å². The number of aromatic nitrogens is 2. The summed E-state index contributed by atoms with van der Waals surface area (Å²) >= 11 is 0. The van der Waals surface area contributed by atoms with Gasteiger partial charge in [0.05, 0.1) is 0 Å². The van der Waals surface area contributed by atoms with E-state index in [1.165, 1.54) is 0 Å². The fraction of sp³-hybridized carbons (Fsp3) is 0.357. The van der Waals surface area contributed by atoms with E-state index in [0.717, 1.165) is 5.56 Å². The fourth-order valence-corrected chi connectivity index (χ4v) is 1.53. The molecule has 0 aliphatic carbocycles. The van der Waals surface area contributed by atoms with Crippen LogP contribution in [-0.2, 0) is 4.74 Å². The van der Waals surface area contributed by atoms with Crippen LogP contribution in [0.5, 0.6) is 0 Å². The molecule has 6 nitrogen and oxygen atoms in total. The smallest absolute Gasteiger partial charge is 0.412 e. The normalized spacial score (nSPS) is 11.2. The summed E-state index contributed by atoms with van der Waals surface area (Å²) in [6, 6.07) is 7.08. The minimum Gasteiger partial charge on any atom is -0.444 e. The number of benzene rings is 1. The summed E-state index contributed by atoms with van der Waals surface area (Å²) in [5, 5.41) is 10.3. The van der Waals surface area contributed by atoms with Crippen LogP contribution < -0.4 is 5.32 Å². The first kappa shape index (κ1) is 14.0. The second-order valence-corrected chi connectivity index (χ2v) is 5.33. The molecule has 1 heterocycles. The third-order valence-corrected chi connectivity index (χ3v) is 2.30. The lowest BCUT2D eigenvalue weighted by atomic mass is 10.2. The highest BCUT2D eigenvalue weighted by Crippen LogP contribution is 2.20.